The van der Waals surface area contributed by atoms with Crippen molar-refractivity contribution in [3.05, 3.63) is 22.6 Å². The van der Waals surface area contributed by atoms with E-state index in [0.29, 0.717) is 0 Å². The number of aliphatic hydroxyl groups excluding tert-OH is 1. The summed E-state index contributed by atoms with van der Waals surface area (Å²) in [5.41, 5.74) is -1.04. The Labute approximate surface area is 107 Å². The molecule has 2 N–H and O–H groups in total. The largest absolute Gasteiger partial charge is 0.502 e. The quantitative estimate of drug-likeness (QED) is 0.406. The van der Waals surface area contributed by atoms with Gasteiger partial charge in [-0.25, -0.2) is 0 Å². The number of carbonyl (C=O) groups excluding carboxylic acids is 1. The smallest absolute Gasteiger partial charge is 0.292 e. The number of allylic oxidation sites excluding steroid dienone is 2. The first kappa shape index (κ1) is 13.2. The van der Waals surface area contributed by atoms with Crippen LogP contribution in [-0.2, 0) is 4.79 Å². The standard InChI is InChI=1S/C8H2N4O2.Na/c9-1-4(2-10)6-5(3-11)7(13)8(14)12-6;/h13H,(H,12,14);. The molecular formula is C8H2N4NaO2. The van der Waals surface area contributed by atoms with Gasteiger partial charge in [0.05, 0.1) is 5.70 Å². The molecule has 1 aliphatic rings. The second-order valence-corrected chi connectivity index (χ2v) is 2.26. The summed E-state index contributed by atoms with van der Waals surface area (Å²) in [6.45, 7) is 0. The van der Waals surface area contributed by atoms with E-state index in [4.69, 9.17) is 20.9 Å². The predicted molar refractivity (Wildman–Crippen MR) is 47.4 cm³/mol. The fourth-order valence-corrected chi connectivity index (χ4v) is 0.900. The number of hydrogen-bond acceptors (Lipinski definition) is 5. The van der Waals surface area contributed by atoms with E-state index in [9.17, 15) is 4.79 Å². The van der Waals surface area contributed by atoms with E-state index in [1.165, 1.54) is 18.2 Å². The average Bonchev–Trinajstić information content (AvgIpc) is 2.45. The van der Waals surface area contributed by atoms with Crippen molar-refractivity contribution in [2.24, 2.45) is 0 Å². The second-order valence-electron chi connectivity index (χ2n) is 2.26. The summed E-state index contributed by atoms with van der Waals surface area (Å²) in [6.07, 6.45) is 0. The van der Waals surface area contributed by atoms with Gasteiger partial charge in [0, 0.05) is 29.6 Å². The van der Waals surface area contributed by atoms with Gasteiger partial charge in [-0.15, -0.1) is 0 Å². The van der Waals surface area contributed by atoms with E-state index in [1.807, 2.05) is 0 Å². The Kier molecular flexibility index (Phi) is 4.57. The number of amides is 1. The molecule has 0 spiro atoms. The number of nitrogens with one attached hydrogen (secondary N) is 1. The number of rotatable bonds is 0. The molecule has 0 saturated carbocycles. The third kappa shape index (κ3) is 2.18. The molecule has 1 rings (SSSR count). The third-order valence-corrected chi connectivity index (χ3v) is 1.53. The third-order valence-electron chi connectivity index (χ3n) is 1.53. The zero-order valence-electron chi connectivity index (χ0n) is 7.70. The molecule has 1 amide bonds. The van der Waals surface area contributed by atoms with Crippen LogP contribution >= 0.6 is 0 Å². The van der Waals surface area contributed by atoms with E-state index in [1.54, 1.807) is 0 Å². The maximum Gasteiger partial charge on any atom is 0.292 e. The Morgan fingerprint density at radius 2 is 1.80 bits per heavy atom. The SMILES string of the molecule is N#CC(C#N)=C1NC(=O)C(O)=C1C#N.[Na]. The molecule has 1 aliphatic heterocycles. The fraction of sp³-hybridized carbons (Fsp3) is 0. The Morgan fingerprint density at radius 3 is 2.20 bits per heavy atom. The molecule has 0 aromatic heterocycles. The second kappa shape index (κ2) is 5.19. The number of hydrogen-bond donors (Lipinski definition) is 2. The number of aliphatic hydroxyl groups is 1. The van der Waals surface area contributed by atoms with E-state index in [-0.39, 0.29) is 40.8 Å². The Balaban J connectivity index is 0.00000196. The van der Waals surface area contributed by atoms with Crippen LogP contribution in [0.4, 0.5) is 0 Å². The van der Waals surface area contributed by atoms with Crippen LogP contribution in [0.2, 0.25) is 0 Å². The van der Waals surface area contributed by atoms with Crippen LogP contribution in [0.3, 0.4) is 0 Å². The van der Waals surface area contributed by atoms with E-state index < -0.39 is 17.2 Å². The van der Waals surface area contributed by atoms with Crippen molar-refractivity contribution in [3.8, 4) is 18.2 Å². The van der Waals surface area contributed by atoms with Gasteiger partial charge in [0.25, 0.3) is 5.91 Å². The molecular weight excluding hydrogens is 207 g/mol. The van der Waals surface area contributed by atoms with Crippen LogP contribution < -0.4 is 5.32 Å². The summed E-state index contributed by atoms with van der Waals surface area (Å²) < 4.78 is 0. The van der Waals surface area contributed by atoms with E-state index >= 15 is 0 Å². The first-order chi connectivity index (χ1) is 6.65. The Morgan fingerprint density at radius 1 is 1.27 bits per heavy atom. The molecule has 0 aromatic carbocycles. The zero-order valence-corrected chi connectivity index (χ0v) is 9.70. The number of nitriles is 3. The minimum atomic E-state index is -0.889. The number of carbonyl (C=O) groups is 1. The topological polar surface area (TPSA) is 121 Å². The van der Waals surface area contributed by atoms with Crippen molar-refractivity contribution in [1.29, 1.82) is 15.8 Å². The van der Waals surface area contributed by atoms with Crippen molar-refractivity contribution in [2.75, 3.05) is 0 Å². The van der Waals surface area contributed by atoms with Crippen LogP contribution in [0.15, 0.2) is 22.6 Å². The monoisotopic (exact) mass is 209 g/mol. The first-order valence-electron chi connectivity index (χ1n) is 3.35. The molecule has 0 bridgehead atoms. The van der Waals surface area contributed by atoms with Crippen molar-refractivity contribution in [3.63, 3.8) is 0 Å². The molecule has 7 heteroatoms. The first-order valence-corrected chi connectivity index (χ1v) is 3.35. The summed E-state index contributed by atoms with van der Waals surface area (Å²) >= 11 is 0. The Hall–Kier alpha value is -1.78. The van der Waals surface area contributed by atoms with Crippen molar-refractivity contribution in [2.45, 2.75) is 0 Å². The van der Waals surface area contributed by atoms with Crippen LogP contribution in [0.25, 0.3) is 0 Å². The molecule has 1 radical (unpaired) electrons. The predicted octanol–water partition coefficient (Wildman–Crippen LogP) is -0.628. The van der Waals surface area contributed by atoms with Gasteiger partial charge in [-0.1, -0.05) is 0 Å². The number of nitrogens with zero attached hydrogens (tertiary/aromatic N) is 3. The van der Waals surface area contributed by atoms with E-state index in [0.717, 1.165) is 0 Å². The Bertz CT molecular complexity index is 482. The molecule has 15 heavy (non-hydrogen) atoms. The van der Waals surface area contributed by atoms with Gasteiger partial charge in [0.2, 0.25) is 5.76 Å². The molecule has 0 fully saturated rings. The average molecular weight is 209 g/mol. The molecule has 67 valence electrons. The van der Waals surface area contributed by atoms with Gasteiger partial charge in [0.15, 0.2) is 5.57 Å². The maximum absolute atomic E-state index is 10.9. The zero-order chi connectivity index (χ0) is 10.7. The van der Waals surface area contributed by atoms with Gasteiger partial charge in [-0.05, 0) is 0 Å². The minimum absolute atomic E-state index is 0. The van der Waals surface area contributed by atoms with Gasteiger partial charge < -0.3 is 10.4 Å². The van der Waals surface area contributed by atoms with Gasteiger partial charge in [-0.2, -0.15) is 15.8 Å². The van der Waals surface area contributed by atoms with Crippen LogP contribution in [-0.4, -0.2) is 40.6 Å². The molecule has 0 saturated heterocycles. The summed E-state index contributed by atoms with van der Waals surface area (Å²) in [4.78, 5) is 10.9. The fourth-order valence-electron chi connectivity index (χ4n) is 0.900. The molecule has 0 aliphatic carbocycles. The van der Waals surface area contributed by atoms with Crippen molar-refractivity contribution in [1.82, 2.24) is 5.32 Å². The summed E-state index contributed by atoms with van der Waals surface area (Å²) in [5, 5.41) is 36.6. The van der Waals surface area contributed by atoms with Crippen molar-refractivity contribution >= 4 is 35.5 Å². The van der Waals surface area contributed by atoms with Gasteiger partial charge in [0.1, 0.15) is 23.8 Å². The normalized spacial score (nSPS) is 13.1. The van der Waals surface area contributed by atoms with Gasteiger partial charge in [-0.3, -0.25) is 4.79 Å². The molecule has 0 unspecified atom stereocenters. The summed E-state index contributed by atoms with van der Waals surface area (Å²) in [5.74, 6) is -1.66. The summed E-state index contributed by atoms with van der Waals surface area (Å²) in [7, 11) is 0. The van der Waals surface area contributed by atoms with Crippen LogP contribution in [0, 0.1) is 34.0 Å². The van der Waals surface area contributed by atoms with Crippen LogP contribution in [0.5, 0.6) is 0 Å². The van der Waals surface area contributed by atoms with Crippen LogP contribution in [0.1, 0.15) is 0 Å². The maximum atomic E-state index is 10.9. The minimum Gasteiger partial charge on any atom is -0.502 e. The molecule has 0 atom stereocenters. The molecule has 0 aromatic rings. The molecule has 1 heterocycles. The van der Waals surface area contributed by atoms with E-state index in [2.05, 4.69) is 5.32 Å². The summed E-state index contributed by atoms with van der Waals surface area (Å²) in [6, 6.07) is 4.54. The molecule has 6 nitrogen and oxygen atoms in total. The van der Waals surface area contributed by atoms with Gasteiger partial charge >= 0.3 is 0 Å². The van der Waals surface area contributed by atoms with Crippen molar-refractivity contribution < 1.29 is 9.90 Å².